The second-order valence-electron chi connectivity index (χ2n) is 7.75. The molecule has 28 heavy (non-hydrogen) atoms. The second-order valence-corrected chi connectivity index (χ2v) is 7.75. The van der Waals surface area contributed by atoms with Crippen LogP contribution in [0.5, 0.6) is 0 Å². The molecule has 1 aliphatic heterocycles. The minimum Gasteiger partial charge on any atom is -0.444 e. The van der Waals surface area contributed by atoms with E-state index in [9.17, 15) is 14.4 Å². The Morgan fingerprint density at radius 2 is 1.82 bits per heavy atom. The number of piperidine rings is 1. The van der Waals surface area contributed by atoms with E-state index in [2.05, 4.69) is 5.32 Å². The van der Waals surface area contributed by atoms with Crippen LogP contribution >= 0.6 is 0 Å². The molecule has 152 valence electrons. The number of rotatable bonds is 6. The summed E-state index contributed by atoms with van der Waals surface area (Å²) in [7, 11) is 0. The fourth-order valence-electron chi connectivity index (χ4n) is 3.02. The van der Waals surface area contributed by atoms with Crippen LogP contribution in [0.15, 0.2) is 30.3 Å². The molecule has 7 heteroatoms. The van der Waals surface area contributed by atoms with Gasteiger partial charge in [-0.05, 0) is 45.8 Å². The van der Waals surface area contributed by atoms with Crippen LogP contribution in [0, 0.1) is 37.0 Å². The molecule has 0 spiro atoms. The van der Waals surface area contributed by atoms with Crippen molar-refractivity contribution in [2.75, 3.05) is 13.1 Å². The molecular formula is C21H29N2O4U-. The largest absolute Gasteiger partial charge is 0.444 e. The van der Waals surface area contributed by atoms with Gasteiger partial charge in [-0.15, -0.1) is 12.8 Å². The zero-order valence-electron chi connectivity index (χ0n) is 16.9. The second kappa shape index (κ2) is 11.5. The van der Waals surface area contributed by atoms with Crippen molar-refractivity contribution in [2.24, 2.45) is 0 Å². The van der Waals surface area contributed by atoms with Crippen LogP contribution in [0.3, 0.4) is 0 Å². The quantitative estimate of drug-likeness (QED) is 0.396. The molecule has 0 radical (unpaired) electrons. The van der Waals surface area contributed by atoms with E-state index in [1.807, 2.05) is 51.1 Å². The number of hydrogen-bond donors (Lipinski definition) is 1. The van der Waals surface area contributed by atoms with Gasteiger partial charge in [0.05, 0.1) is 11.9 Å². The van der Waals surface area contributed by atoms with Crippen LogP contribution in [0.4, 0.5) is 4.79 Å². The van der Waals surface area contributed by atoms with Gasteiger partial charge in [0.15, 0.2) is 0 Å². The minimum absolute atomic E-state index is 0. The smallest absolute Gasteiger partial charge is 0.410 e. The van der Waals surface area contributed by atoms with Crippen molar-refractivity contribution in [3.05, 3.63) is 41.8 Å². The number of likely N-dealkylation sites (tertiary alicyclic amines) is 1. The summed E-state index contributed by atoms with van der Waals surface area (Å²) in [6.45, 7) is 6.46. The number of aldehydes is 1. The molecule has 0 bridgehead atoms. The van der Waals surface area contributed by atoms with E-state index < -0.39 is 5.60 Å². The van der Waals surface area contributed by atoms with Gasteiger partial charge in [-0.1, -0.05) is 30.3 Å². The summed E-state index contributed by atoms with van der Waals surface area (Å²) in [5.74, 6) is 0.681. The van der Waals surface area contributed by atoms with Gasteiger partial charge >= 0.3 is 6.09 Å². The Labute approximate surface area is 191 Å². The minimum atomic E-state index is -0.528. The van der Waals surface area contributed by atoms with Gasteiger partial charge in [0, 0.05) is 37.5 Å². The van der Waals surface area contributed by atoms with Crippen molar-refractivity contribution in [1.29, 1.82) is 0 Å². The average Bonchev–Trinajstić information content (AvgIpc) is 2.64. The van der Waals surface area contributed by atoms with Crippen LogP contribution in [-0.4, -0.2) is 41.9 Å². The van der Waals surface area contributed by atoms with Gasteiger partial charge in [0.25, 0.3) is 0 Å². The third kappa shape index (κ3) is 7.89. The van der Waals surface area contributed by atoms with E-state index >= 15 is 0 Å². The van der Waals surface area contributed by atoms with Crippen LogP contribution in [-0.2, 0) is 14.3 Å². The van der Waals surface area contributed by atoms with Gasteiger partial charge < -0.3 is 24.5 Å². The number of carbonyl (C=O) groups is 3. The average molecular weight is 612 g/mol. The Morgan fingerprint density at radius 1 is 1.21 bits per heavy atom. The van der Waals surface area contributed by atoms with Gasteiger partial charge in [-0.25, -0.2) is 4.79 Å². The molecule has 1 heterocycles. The van der Waals surface area contributed by atoms with Crippen LogP contribution in [0.25, 0.3) is 0 Å². The molecule has 0 aliphatic carbocycles. The Bertz CT molecular complexity index is 638. The molecule has 1 aromatic rings. The maximum Gasteiger partial charge on any atom is 0.410 e. The molecule has 2 rings (SSSR count). The Balaban J connectivity index is 0.00000392. The molecule has 1 fully saturated rings. The number of nitrogens with zero attached hydrogens (tertiary/aromatic N) is 1. The summed E-state index contributed by atoms with van der Waals surface area (Å²) >= 11 is 0. The monoisotopic (exact) mass is 611 g/mol. The number of hydrogen-bond acceptors (Lipinski definition) is 4. The van der Waals surface area contributed by atoms with E-state index in [4.69, 9.17) is 4.74 Å². The predicted octanol–water partition coefficient (Wildman–Crippen LogP) is 3.43. The third-order valence-electron chi connectivity index (χ3n) is 4.42. The van der Waals surface area contributed by atoms with Crippen LogP contribution < -0.4 is 5.32 Å². The summed E-state index contributed by atoms with van der Waals surface area (Å²) < 4.78 is 5.38. The van der Waals surface area contributed by atoms with Gasteiger partial charge in [0.1, 0.15) is 11.9 Å². The topological polar surface area (TPSA) is 75.7 Å². The van der Waals surface area contributed by atoms with Crippen molar-refractivity contribution in [3.63, 3.8) is 0 Å². The van der Waals surface area contributed by atoms with E-state index in [0.717, 1.165) is 17.8 Å². The summed E-state index contributed by atoms with van der Waals surface area (Å²) in [4.78, 5) is 37.2. The van der Waals surface area contributed by atoms with E-state index in [-0.39, 0.29) is 49.2 Å². The molecule has 2 amide bonds. The number of amides is 2. The summed E-state index contributed by atoms with van der Waals surface area (Å²) in [5.41, 5.74) is 0.458. The first-order valence-corrected chi connectivity index (χ1v) is 9.42. The Hall–Kier alpha value is -1.45. The SMILES string of the molecule is CC(C)(C)OC(=O)N1CC[C-](C(=O)NC(CCC=O)c2ccccc2)CC1.[U]. The van der Waals surface area contributed by atoms with Crippen molar-refractivity contribution < 1.29 is 50.2 Å². The normalized spacial score (nSPS) is 15.2. The molecule has 0 aromatic heterocycles. The van der Waals surface area contributed by atoms with Crippen molar-refractivity contribution in [3.8, 4) is 0 Å². The molecule has 1 atom stereocenters. The van der Waals surface area contributed by atoms with Crippen molar-refractivity contribution in [1.82, 2.24) is 10.2 Å². The van der Waals surface area contributed by atoms with Crippen LogP contribution in [0.1, 0.15) is 58.1 Å². The fourth-order valence-corrected chi connectivity index (χ4v) is 3.02. The molecular weight excluding hydrogens is 582 g/mol. The Kier molecular flexibility index (Phi) is 10.1. The molecule has 1 saturated heterocycles. The first-order valence-electron chi connectivity index (χ1n) is 9.42. The summed E-state index contributed by atoms with van der Waals surface area (Å²) in [5, 5.41) is 3.05. The summed E-state index contributed by atoms with van der Waals surface area (Å²) in [6, 6.07) is 9.46. The molecule has 1 aromatic carbocycles. The van der Waals surface area contributed by atoms with Crippen molar-refractivity contribution >= 4 is 18.3 Å². The van der Waals surface area contributed by atoms with Gasteiger partial charge in [-0.3, -0.25) is 5.92 Å². The van der Waals surface area contributed by atoms with Crippen LogP contribution in [0.2, 0.25) is 0 Å². The number of nitrogens with one attached hydrogen (secondary N) is 1. The molecule has 6 nitrogen and oxygen atoms in total. The van der Waals surface area contributed by atoms with Crippen molar-refractivity contribution in [2.45, 2.75) is 58.1 Å². The van der Waals surface area contributed by atoms with E-state index in [1.165, 1.54) is 0 Å². The molecule has 1 unspecified atom stereocenters. The first-order chi connectivity index (χ1) is 12.8. The maximum absolute atomic E-state index is 12.7. The first kappa shape index (κ1) is 24.6. The third-order valence-corrected chi connectivity index (χ3v) is 4.42. The number of benzene rings is 1. The summed E-state index contributed by atoms with van der Waals surface area (Å²) in [6.07, 6.45) is 2.54. The molecule has 1 aliphatic rings. The number of ether oxygens (including phenoxy) is 1. The maximum atomic E-state index is 12.7. The zero-order valence-corrected chi connectivity index (χ0v) is 21.0. The predicted molar refractivity (Wildman–Crippen MR) is 103 cm³/mol. The van der Waals surface area contributed by atoms with Gasteiger partial charge in [-0.2, -0.15) is 0 Å². The molecule has 1 N–H and O–H groups in total. The molecule has 0 saturated carbocycles. The number of carbonyl (C=O) groups excluding carboxylic acids is 3. The van der Waals surface area contributed by atoms with E-state index in [1.54, 1.807) is 4.90 Å². The van der Waals surface area contributed by atoms with Gasteiger partial charge in [0.2, 0.25) is 0 Å². The Morgan fingerprint density at radius 3 is 2.36 bits per heavy atom. The van der Waals surface area contributed by atoms with E-state index in [0.29, 0.717) is 38.8 Å². The standard InChI is InChI=1S/C21H29N2O4.U/c1-21(2,3)27-20(26)23-13-11-17(12-14-23)19(25)22-18(10-7-15-24)16-8-5-4-6-9-16;/h4-6,8-9,15,18H,7,10-14H2,1-3H3,(H,22,25);/q-1;. The zero-order chi connectivity index (χ0) is 19.9. The fraction of sp³-hybridized carbons (Fsp3) is 0.524.